The first-order valence-electron chi connectivity index (χ1n) is 6.44. The number of halogens is 4. The van der Waals surface area contributed by atoms with Crippen LogP contribution >= 0.6 is 11.6 Å². The van der Waals surface area contributed by atoms with Gasteiger partial charge in [-0.25, -0.2) is 0 Å². The van der Waals surface area contributed by atoms with Crippen LogP contribution in [0.25, 0.3) is 0 Å². The fraction of sp³-hybridized carbons (Fsp3) is 0.250. The van der Waals surface area contributed by atoms with Crippen LogP contribution in [0.4, 0.5) is 18.9 Å². The molecule has 1 nitrogen and oxygen atoms in total. The molecule has 2 aromatic carbocycles. The maximum Gasteiger partial charge on any atom is 0.416 e. The van der Waals surface area contributed by atoms with E-state index in [0.717, 1.165) is 17.7 Å². The molecule has 0 aliphatic rings. The number of rotatable bonds is 3. The number of benzene rings is 2. The Morgan fingerprint density at radius 2 is 1.71 bits per heavy atom. The van der Waals surface area contributed by atoms with Gasteiger partial charge < -0.3 is 5.32 Å². The first-order chi connectivity index (χ1) is 9.77. The lowest BCUT2D eigenvalue weighted by molar-refractivity contribution is -0.137. The molecule has 0 radical (unpaired) electrons. The van der Waals surface area contributed by atoms with Gasteiger partial charge in [0.05, 0.1) is 16.3 Å². The molecule has 0 amide bonds. The molecule has 0 fully saturated rings. The highest BCUT2D eigenvalue weighted by molar-refractivity contribution is 6.33. The van der Waals surface area contributed by atoms with Crippen LogP contribution in [0.15, 0.2) is 36.4 Å². The Bertz CT molecular complexity index is 650. The number of anilines is 1. The van der Waals surface area contributed by atoms with Gasteiger partial charge in [-0.15, -0.1) is 0 Å². The highest BCUT2D eigenvalue weighted by Crippen LogP contribution is 2.33. The first-order valence-corrected chi connectivity index (χ1v) is 6.82. The second-order valence-corrected chi connectivity index (χ2v) is 5.37. The summed E-state index contributed by atoms with van der Waals surface area (Å²) in [5, 5.41) is 3.12. The summed E-state index contributed by atoms with van der Waals surface area (Å²) in [6.07, 6.45) is -4.38. The lowest BCUT2D eigenvalue weighted by Gasteiger charge is -2.12. The van der Waals surface area contributed by atoms with Crippen LogP contribution in [0.5, 0.6) is 0 Å². The van der Waals surface area contributed by atoms with Crippen molar-refractivity contribution in [2.75, 3.05) is 5.32 Å². The van der Waals surface area contributed by atoms with Crippen LogP contribution < -0.4 is 5.32 Å². The summed E-state index contributed by atoms with van der Waals surface area (Å²) in [4.78, 5) is 0. The maximum atomic E-state index is 12.6. The van der Waals surface area contributed by atoms with Gasteiger partial charge in [0.15, 0.2) is 0 Å². The second-order valence-electron chi connectivity index (χ2n) is 4.96. The summed E-state index contributed by atoms with van der Waals surface area (Å²) in [5.41, 5.74) is 3.17. The van der Waals surface area contributed by atoms with E-state index >= 15 is 0 Å². The number of nitrogens with one attached hydrogen (secondary N) is 1. The van der Waals surface area contributed by atoms with Crippen molar-refractivity contribution < 1.29 is 13.2 Å². The molecular weight excluding hydrogens is 299 g/mol. The number of hydrogen-bond donors (Lipinski definition) is 1. The van der Waals surface area contributed by atoms with E-state index in [1.165, 1.54) is 17.2 Å². The Labute approximate surface area is 126 Å². The van der Waals surface area contributed by atoms with Gasteiger partial charge in [-0.2, -0.15) is 13.2 Å². The fourth-order valence-corrected chi connectivity index (χ4v) is 2.19. The van der Waals surface area contributed by atoms with Gasteiger partial charge in [-0.05, 0) is 48.7 Å². The zero-order valence-corrected chi connectivity index (χ0v) is 12.4. The molecule has 0 saturated carbocycles. The Morgan fingerprint density at radius 1 is 1.00 bits per heavy atom. The number of alkyl halides is 3. The Balaban J connectivity index is 2.11. The highest BCUT2D eigenvalue weighted by atomic mass is 35.5. The van der Waals surface area contributed by atoms with Gasteiger partial charge in [0.25, 0.3) is 0 Å². The van der Waals surface area contributed by atoms with Crippen LogP contribution in [0.2, 0.25) is 5.02 Å². The minimum Gasteiger partial charge on any atom is -0.380 e. The van der Waals surface area contributed by atoms with Crippen LogP contribution in [0.1, 0.15) is 22.3 Å². The van der Waals surface area contributed by atoms with E-state index in [-0.39, 0.29) is 5.02 Å². The van der Waals surface area contributed by atoms with Crippen LogP contribution in [-0.4, -0.2) is 0 Å². The van der Waals surface area contributed by atoms with Gasteiger partial charge in [-0.3, -0.25) is 0 Å². The summed E-state index contributed by atoms with van der Waals surface area (Å²) < 4.78 is 37.7. The van der Waals surface area contributed by atoms with Crippen LogP contribution in [0, 0.1) is 13.8 Å². The largest absolute Gasteiger partial charge is 0.416 e. The standard InChI is InChI=1S/C16H15ClF3N/c1-10-3-4-12(7-11(10)2)9-21-15-6-5-13(8-14(15)17)16(18,19)20/h3-8,21H,9H2,1-2H3. The molecule has 0 heterocycles. The minimum atomic E-state index is -4.38. The van der Waals surface area contributed by atoms with E-state index in [1.54, 1.807) is 0 Å². The van der Waals surface area contributed by atoms with Crippen molar-refractivity contribution in [3.63, 3.8) is 0 Å². The van der Waals surface area contributed by atoms with Crippen molar-refractivity contribution in [3.8, 4) is 0 Å². The molecule has 2 rings (SSSR count). The quantitative estimate of drug-likeness (QED) is 0.779. The van der Waals surface area contributed by atoms with E-state index in [9.17, 15) is 13.2 Å². The van der Waals surface area contributed by atoms with E-state index in [0.29, 0.717) is 12.2 Å². The molecule has 5 heteroatoms. The zero-order valence-electron chi connectivity index (χ0n) is 11.7. The van der Waals surface area contributed by atoms with E-state index in [2.05, 4.69) is 5.32 Å². The molecule has 0 aromatic heterocycles. The molecule has 0 atom stereocenters. The third kappa shape index (κ3) is 3.91. The molecule has 0 aliphatic heterocycles. The van der Waals surface area contributed by atoms with Crippen molar-refractivity contribution in [2.24, 2.45) is 0 Å². The third-order valence-corrected chi connectivity index (χ3v) is 3.66. The predicted molar refractivity (Wildman–Crippen MR) is 79.7 cm³/mol. The Hall–Kier alpha value is -1.68. The zero-order chi connectivity index (χ0) is 15.6. The second kappa shape index (κ2) is 5.98. The van der Waals surface area contributed by atoms with Crippen molar-refractivity contribution in [1.29, 1.82) is 0 Å². The predicted octanol–water partition coefficient (Wildman–Crippen LogP) is 5.59. The van der Waals surface area contributed by atoms with Crippen molar-refractivity contribution in [3.05, 3.63) is 63.7 Å². The summed E-state index contributed by atoms with van der Waals surface area (Å²) >= 11 is 5.90. The van der Waals surface area contributed by atoms with Crippen LogP contribution in [0.3, 0.4) is 0 Å². The van der Waals surface area contributed by atoms with Crippen molar-refractivity contribution >= 4 is 17.3 Å². The van der Waals surface area contributed by atoms with E-state index in [1.807, 2.05) is 32.0 Å². The van der Waals surface area contributed by atoms with Crippen molar-refractivity contribution in [2.45, 2.75) is 26.6 Å². The lowest BCUT2D eigenvalue weighted by atomic mass is 10.1. The average molecular weight is 314 g/mol. The summed E-state index contributed by atoms with van der Waals surface area (Å²) in [7, 11) is 0. The monoisotopic (exact) mass is 313 g/mol. The molecule has 2 aromatic rings. The van der Waals surface area contributed by atoms with Gasteiger partial charge in [0.1, 0.15) is 0 Å². The lowest BCUT2D eigenvalue weighted by Crippen LogP contribution is -2.06. The Kier molecular flexibility index (Phi) is 4.47. The van der Waals surface area contributed by atoms with Crippen LogP contribution in [-0.2, 0) is 12.7 Å². The molecule has 0 bridgehead atoms. The van der Waals surface area contributed by atoms with Crippen molar-refractivity contribution in [1.82, 2.24) is 0 Å². The molecule has 112 valence electrons. The molecule has 0 unspecified atom stereocenters. The number of hydrogen-bond acceptors (Lipinski definition) is 1. The molecule has 21 heavy (non-hydrogen) atoms. The smallest absolute Gasteiger partial charge is 0.380 e. The van der Waals surface area contributed by atoms with Gasteiger partial charge in [0.2, 0.25) is 0 Å². The van der Waals surface area contributed by atoms with E-state index in [4.69, 9.17) is 11.6 Å². The molecular formula is C16H15ClF3N. The SMILES string of the molecule is Cc1ccc(CNc2ccc(C(F)(F)F)cc2Cl)cc1C. The maximum absolute atomic E-state index is 12.6. The first kappa shape index (κ1) is 15.7. The number of aryl methyl sites for hydroxylation is 2. The molecule has 0 spiro atoms. The minimum absolute atomic E-state index is 0.0636. The summed E-state index contributed by atoms with van der Waals surface area (Å²) in [6, 6.07) is 9.35. The summed E-state index contributed by atoms with van der Waals surface area (Å²) in [5.74, 6) is 0. The summed E-state index contributed by atoms with van der Waals surface area (Å²) in [6.45, 7) is 4.55. The van der Waals surface area contributed by atoms with Gasteiger partial charge >= 0.3 is 6.18 Å². The molecule has 0 saturated heterocycles. The molecule has 1 N–H and O–H groups in total. The Morgan fingerprint density at radius 3 is 2.29 bits per heavy atom. The highest BCUT2D eigenvalue weighted by Gasteiger charge is 2.30. The van der Waals surface area contributed by atoms with Gasteiger partial charge in [-0.1, -0.05) is 29.8 Å². The molecule has 0 aliphatic carbocycles. The average Bonchev–Trinajstić information content (AvgIpc) is 2.40. The third-order valence-electron chi connectivity index (χ3n) is 3.35. The normalized spacial score (nSPS) is 11.5. The van der Waals surface area contributed by atoms with E-state index < -0.39 is 11.7 Å². The fourth-order valence-electron chi connectivity index (χ4n) is 1.95. The topological polar surface area (TPSA) is 12.0 Å². The van der Waals surface area contributed by atoms with Gasteiger partial charge in [0, 0.05) is 6.54 Å².